The van der Waals surface area contributed by atoms with E-state index in [0.29, 0.717) is 9.79 Å². The summed E-state index contributed by atoms with van der Waals surface area (Å²) >= 11 is 0. The van der Waals surface area contributed by atoms with Crippen LogP contribution in [-0.2, 0) is 16.3 Å². The van der Waals surface area contributed by atoms with Crippen molar-refractivity contribution >= 4 is 9.84 Å². The number of rotatable bonds is 1. The van der Waals surface area contributed by atoms with E-state index in [1.54, 1.807) is 12.1 Å². The predicted octanol–water partition coefficient (Wildman–Crippen LogP) is 4.40. The first-order valence-corrected chi connectivity index (χ1v) is 8.52. The van der Waals surface area contributed by atoms with Gasteiger partial charge in [0.1, 0.15) is 0 Å². The van der Waals surface area contributed by atoms with Gasteiger partial charge >= 0.3 is 0 Å². The molecule has 0 amide bonds. The van der Waals surface area contributed by atoms with Gasteiger partial charge in [-0.15, -0.1) is 0 Å². The molecule has 20 heavy (non-hydrogen) atoms. The molecule has 1 aliphatic rings. The first kappa shape index (κ1) is 14.8. The lowest BCUT2D eigenvalue weighted by Crippen LogP contribution is -1.98. The molecule has 0 unspecified atom stereocenters. The molecule has 3 heteroatoms. The van der Waals surface area contributed by atoms with Gasteiger partial charge in [-0.05, 0) is 42.7 Å². The van der Waals surface area contributed by atoms with E-state index < -0.39 is 9.84 Å². The third kappa shape index (κ3) is 2.06. The first-order valence-electron chi connectivity index (χ1n) is 7.03. The smallest absolute Gasteiger partial charge is 0.207 e. The first-order chi connectivity index (χ1) is 9.55. The molecule has 0 aromatic heterocycles. The van der Waals surface area contributed by atoms with Gasteiger partial charge in [0.2, 0.25) is 9.84 Å². The van der Waals surface area contributed by atoms with E-state index in [0.717, 1.165) is 28.7 Å². The topological polar surface area (TPSA) is 34.1 Å². The van der Waals surface area contributed by atoms with Crippen LogP contribution < -0.4 is 0 Å². The van der Waals surface area contributed by atoms with Crippen molar-refractivity contribution in [3.63, 3.8) is 0 Å². The highest BCUT2D eigenvalue weighted by atomic mass is 32.2. The van der Waals surface area contributed by atoms with Crippen LogP contribution in [0.2, 0.25) is 0 Å². The number of hydrogen-bond acceptors (Lipinski definition) is 2. The molecule has 2 aromatic carbocycles. The van der Waals surface area contributed by atoms with Gasteiger partial charge in [-0.3, -0.25) is 0 Å². The van der Waals surface area contributed by atoms with E-state index in [1.165, 1.54) is 0 Å². The highest BCUT2D eigenvalue weighted by Crippen LogP contribution is 2.43. The fourth-order valence-electron chi connectivity index (χ4n) is 2.59. The Balaban J connectivity index is 0.000000704. The van der Waals surface area contributed by atoms with Gasteiger partial charge in [0.05, 0.1) is 9.79 Å². The maximum Gasteiger partial charge on any atom is 0.207 e. The van der Waals surface area contributed by atoms with Gasteiger partial charge in [-0.2, -0.15) is 0 Å². The van der Waals surface area contributed by atoms with Crippen LogP contribution >= 0.6 is 0 Å². The molecule has 0 bridgehead atoms. The van der Waals surface area contributed by atoms with Crippen LogP contribution in [0.15, 0.2) is 46.2 Å². The summed E-state index contributed by atoms with van der Waals surface area (Å²) in [6.45, 7) is 8.08. The second-order valence-corrected chi connectivity index (χ2v) is 6.51. The summed E-state index contributed by atoms with van der Waals surface area (Å²) in [5.74, 6) is 0. The summed E-state index contributed by atoms with van der Waals surface area (Å²) in [6, 6.07) is 11.1. The molecule has 0 saturated heterocycles. The highest BCUT2D eigenvalue weighted by molar-refractivity contribution is 7.92. The minimum atomic E-state index is -3.31. The maximum atomic E-state index is 12.5. The van der Waals surface area contributed by atoms with E-state index in [1.807, 2.05) is 52.0 Å². The fraction of sp³-hybridized carbons (Fsp3) is 0.294. The quantitative estimate of drug-likeness (QED) is 0.665. The second-order valence-electron chi connectivity index (χ2n) is 4.63. The normalized spacial score (nSPS) is 14.0. The van der Waals surface area contributed by atoms with Gasteiger partial charge < -0.3 is 0 Å². The van der Waals surface area contributed by atoms with Crippen LogP contribution in [0.5, 0.6) is 0 Å². The van der Waals surface area contributed by atoms with Crippen LogP contribution in [0.1, 0.15) is 31.9 Å². The van der Waals surface area contributed by atoms with E-state index in [-0.39, 0.29) is 0 Å². The monoisotopic (exact) mass is 288 g/mol. The molecular formula is C17H20O2S. The van der Waals surface area contributed by atoms with Crippen molar-refractivity contribution in [2.24, 2.45) is 0 Å². The Morgan fingerprint density at radius 2 is 1.60 bits per heavy atom. The fourth-order valence-corrected chi connectivity index (χ4v) is 4.30. The third-order valence-electron chi connectivity index (χ3n) is 3.58. The molecule has 0 atom stereocenters. The Bertz CT molecular complexity index is 744. The second kappa shape index (κ2) is 5.41. The molecule has 0 spiro atoms. The standard InChI is InChI=1S/C15H14O2S.C2H6/c1-3-11-9-15-13(8-10(11)2)12-6-4-5-7-14(12)18(15,16)17;1-2/h4-9H,3H2,1-2H3;1-2H3. The molecule has 0 N–H and O–H groups in total. The van der Waals surface area contributed by atoms with E-state index >= 15 is 0 Å². The zero-order chi connectivity index (χ0) is 14.9. The molecule has 1 heterocycles. The number of hydrogen-bond donors (Lipinski definition) is 0. The zero-order valence-electron chi connectivity index (χ0n) is 12.4. The van der Waals surface area contributed by atoms with E-state index in [2.05, 4.69) is 0 Å². The van der Waals surface area contributed by atoms with E-state index in [4.69, 9.17) is 0 Å². The summed E-state index contributed by atoms with van der Waals surface area (Å²) < 4.78 is 24.9. The largest absolute Gasteiger partial charge is 0.218 e. The Hall–Kier alpha value is -1.61. The van der Waals surface area contributed by atoms with Gasteiger partial charge in [-0.25, -0.2) is 8.42 Å². The molecule has 0 fully saturated rings. The average Bonchev–Trinajstić information content (AvgIpc) is 2.69. The van der Waals surface area contributed by atoms with Crippen LogP contribution in [0, 0.1) is 6.92 Å². The Labute approximate surface area is 121 Å². The van der Waals surface area contributed by atoms with Crippen molar-refractivity contribution in [2.45, 2.75) is 43.9 Å². The molecule has 106 valence electrons. The van der Waals surface area contributed by atoms with Crippen LogP contribution in [0.3, 0.4) is 0 Å². The van der Waals surface area contributed by atoms with Gasteiger partial charge in [0.25, 0.3) is 0 Å². The van der Waals surface area contributed by atoms with Crippen molar-refractivity contribution in [2.75, 3.05) is 0 Å². The molecule has 2 nitrogen and oxygen atoms in total. The van der Waals surface area contributed by atoms with Gasteiger partial charge in [0.15, 0.2) is 0 Å². The molecule has 0 aliphatic carbocycles. The number of fused-ring (bicyclic) bond motifs is 3. The Morgan fingerprint density at radius 3 is 2.25 bits per heavy atom. The highest BCUT2D eigenvalue weighted by Gasteiger charge is 2.32. The number of benzene rings is 2. The summed E-state index contributed by atoms with van der Waals surface area (Å²) in [6.07, 6.45) is 0.852. The molecule has 3 rings (SSSR count). The lowest BCUT2D eigenvalue weighted by atomic mass is 9.99. The van der Waals surface area contributed by atoms with Crippen molar-refractivity contribution in [1.29, 1.82) is 0 Å². The lowest BCUT2D eigenvalue weighted by Gasteiger charge is -2.06. The molecule has 1 aliphatic heterocycles. The maximum absolute atomic E-state index is 12.5. The molecule has 0 saturated carbocycles. The SMILES string of the molecule is CC.CCc1cc2c(cc1C)-c1ccccc1S2(=O)=O. The summed E-state index contributed by atoms with van der Waals surface area (Å²) in [7, 11) is -3.31. The van der Waals surface area contributed by atoms with Gasteiger partial charge in [0, 0.05) is 11.1 Å². The molecular weight excluding hydrogens is 268 g/mol. The number of aryl methyl sites for hydroxylation is 2. The van der Waals surface area contributed by atoms with Crippen molar-refractivity contribution in [3.8, 4) is 11.1 Å². The lowest BCUT2D eigenvalue weighted by molar-refractivity contribution is 0.598. The summed E-state index contributed by atoms with van der Waals surface area (Å²) in [4.78, 5) is 0.902. The van der Waals surface area contributed by atoms with Crippen LogP contribution in [-0.4, -0.2) is 8.42 Å². The number of sulfone groups is 1. The van der Waals surface area contributed by atoms with Crippen LogP contribution in [0.25, 0.3) is 11.1 Å². The minimum absolute atomic E-state index is 0.438. The average molecular weight is 288 g/mol. The van der Waals surface area contributed by atoms with Crippen molar-refractivity contribution in [1.82, 2.24) is 0 Å². The molecule has 2 aromatic rings. The zero-order valence-corrected chi connectivity index (χ0v) is 13.2. The Kier molecular flexibility index (Phi) is 4.00. The third-order valence-corrected chi connectivity index (χ3v) is 5.43. The van der Waals surface area contributed by atoms with Crippen LogP contribution in [0.4, 0.5) is 0 Å². The van der Waals surface area contributed by atoms with Crippen molar-refractivity contribution in [3.05, 3.63) is 47.5 Å². The van der Waals surface area contributed by atoms with Crippen molar-refractivity contribution < 1.29 is 8.42 Å². The van der Waals surface area contributed by atoms with Gasteiger partial charge in [-0.1, -0.05) is 39.0 Å². The minimum Gasteiger partial charge on any atom is -0.218 e. The summed E-state index contributed by atoms with van der Waals surface area (Å²) in [5.41, 5.74) is 3.94. The molecule has 0 radical (unpaired) electrons. The Morgan fingerprint density at radius 1 is 0.950 bits per heavy atom. The summed E-state index contributed by atoms with van der Waals surface area (Å²) in [5, 5.41) is 0. The predicted molar refractivity (Wildman–Crippen MR) is 82.8 cm³/mol. The van der Waals surface area contributed by atoms with E-state index in [9.17, 15) is 8.42 Å².